The number of ketones is 1. The van der Waals surface area contributed by atoms with Gasteiger partial charge >= 0.3 is 0 Å². The van der Waals surface area contributed by atoms with Gasteiger partial charge in [-0.05, 0) is 46.1 Å². The quantitative estimate of drug-likeness (QED) is 0.772. The molecule has 0 saturated carbocycles. The van der Waals surface area contributed by atoms with Gasteiger partial charge in [-0.25, -0.2) is 0 Å². The summed E-state index contributed by atoms with van der Waals surface area (Å²) in [5.74, 6) is 1.04. The number of hydrogen-bond acceptors (Lipinski definition) is 2. The molecule has 3 unspecified atom stereocenters. The Balaban J connectivity index is 2.08. The van der Waals surface area contributed by atoms with E-state index in [9.17, 15) is 4.79 Å². The highest BCUT2D eigenvalue weighted by molar-refractivity contribution is 5.99. The second-order valence-corrected chi connectivity index (χ2v) is 6.12. The Morgan fingerprint density at radius 2 is 1.89 bits per heavy atom. The Hall–Kier alpha value is -1.15. The highest BCUT2D eigenvalue weighted by Crippen LogP contribution is 2.25. The fourth-order valence-electron chi connectivity index (χ4n) is 3.11. The highest BCUT2D eigenvalue weighted by Gasteiger charge is 2.30. The Labute approximate surface area is 116 Å². The number of carbonyl (C=O) groups excluding carboxylic acids is 1. The molecule has 19 heavy (non-hydrogen) atoms. The highest BCUT2D eigenvalue weighted by atomic mass is 16.1. The monoisotopic (exact) mass is 259 g/mol. The molecule has 1 aromatic carbocycles. The summed E-state index contributed by atoms with van der Waals surface area (Å²) in [6, 6.07) is 8.43. The molecule has 1 heterocycles. The summed E-state index contributed by atoms with van der Waals surface area (Å²) in [6.07, 6.45) is 2.40. The summed E-state index contributed by atoms with van der Waals surface area (Å²) in [4.78, 5) is 14.9. The van der Waals surface area contributed by atoms with E-state index < -0.39 is 0 Å². The van der Waals surface area contributed by atoms with Gasteiger partial charge in [-0.3, -0.25) is 9.69 Å². The minimum atomic E-state index is -0.00907. The first-order chi connectivity index (χ1) is 8.99. The molecule has 1 aromatic rings. The Morgan fingerprint density at radius 1 is 1.26 bits per heavy atom. The van der Waals surface area contributed by atoms with Gasteiger partial charge in [0.15, 0.2) is 5.78 Å². The van der Waals surface area contributed by atoms with E-state index in [-0.39, 0.29) is 11.8 Å². The molecule has 1 saturated heterocycles. The summed E-state index contributed by atoms with van der Waals surface area (Å²) in [5, 5.41) is 0. The third kappa shape index (κ3) is 3.24. The number of nitrogens with zero attached hydrogens (tertiary/aromatic N) is 1. The minimum Gasteiger partial charge on any atom is -0.292 e. The zero-order chi connectivity index (χ0) is 14.0. The number of likely N-dealkylation sites (tertiary alicyclic amines) is 1. The normalized spacial score (nSPS) is 26.1. The van der Waals surface area contributed by atoms with Crippen LogP contribution in [0.25, 0.3) is 0 Å². The number of aryl methyl sites for hydroxylation is 1. The number of hydrogen-bond donors (Lipinski definition) is 0. The summed E-state index contributed by atoms with van der Waals surface area (Å²) in [6.45, 7) is 9.69. The van der Waals surface area contributed by atoms with Crippen LogP contribution in [0.4, 0.5) is 0 Å². The molecule has 3 atom stereocenters. The van der Waals surface area contributed by atoms with Crippen molar-refractivity contribution in [2.24, 2.45) is 5.92 Å². The van der Waals surface area contributed by atoms with Crippen LogP contribution in [0.1, 0.15) is 49.5 Å². The van der Waals surface area contributed by atoms with Crippen molar-refractivity contribution < 1.29 is 4.79 Å². The van der Waals surface area contributed by atoms with Gasteiger partial charge in [-0.2, -0.15) is 0 Å². The molecule has 2 heteroatoms. The number of piperidine rings is 1. The molecule has 1 aliphatic rings. The van der Waals surface area contributed by atoms with Crippen molar-refractivity contribution in [3.63, 3.8) is 0 Å². The Morgan fingerprint density at radius 3 is 2.47 bits per heavy atom. The van der Waals surface area contributed by atoms with Crippen LogP contribution in [0.15, 0.2) is 24.3 Å². The SMILES string of the molecule is Cc1ccc(C(=O)C(C)N2CCC(C)CC2C)cc1. The molecule has 2 nitrogen and oxygen atoms in total. The molecule has 0 spiro atoms. The van der Waals surface area contributed by atoms with E-state index >= 15 is 0 Å². The Kier molecular flexibility index (Phi) is 4.41. The van der Waals surface area contributed by atoms with Gasteiger partial charge < -0.3 is 0 Å². The lowest BCUT2D eigenvalue weighted by Crippen LogP contribution is -2.48. The molecule has 1 fully saturated rings. The molecular formula is C17H25NO. The van der Waals surface area contributed by atoms with E-state index in [1.165, 1.54) is 18.4 Å². The molecule has 1 aliphatic heterocycles. The zero-order valence-corrected chi connectivity index (χ0v) is 12.5. The second-order valence-electron chi connectivity index (χ2n) is 6.12. The van der Waals surface area contributed by atoms with Crippen molar-refractivity contribution >= 4 is 5.78 Å². The summed E-state index contributed by atoms with van der Waals surface area (Å²) in [7, 11) is 0. The average molecular weight is 259 g/mol. The van der Waals surface area contributed by atoms with E-state index in [4.69, 9.17) is 0 Å². The van der Waals surface area contributed by atoms with Crippen molar-refractivity contribution in [2.45, 2.75) is 52.6 Å². The molecule has 0 aromatic heterocycles. The number of Topliss-reactive ketones (excluding diaryl/α,β-unsaturated/α-hetero) is 1. The standard InChI is InChI=1S/C17H25NO/c1-12-5-7-16(8-6-12)17(19)15(4)18-10-9-13(2)11-14(18)3/h5-8,13-15H,9-11H2,1-4H3. The maximum Gasteiger partial charge on any atom is 0.179 e. The van der Waals surface area contributed by atoms with E-state index in [2.05, 4.69) is 25.7 Å². The lowest BCUT2D eigenvalue weighted by Gasteiger charge is -2.39. The van der Waals surface area contributed by atoms with E-state index in [0.717, 1.165) is 18.0 Å². The molecule has 104 valence electrons. The van der Waals surface area contributed by atoms with Crippen LogP contribution in [0.5, 0.6) is 0 Å². The van der Waals surface area contributed by atoms with Crippen LogP contribution >= 0.6 is 0 Å². The summed E-state index contributed by atoms with van der Waals surface area (Å²) >= 11 is 0. The van der Waals surface area contributed by atoms with E-state index in [1.54, 1.807) is 0 Å². The van der Waals surface area contributed by atoms with Gasteiger partial charge in [0.1, 0.15) is 0 Å². The first-order valence-corrected chi connectivity index (χ1v) is 7.35. The minimum absolute atomic E-state index is 0.00907. The van der Waals surface area contributed by atoms with Crippen molar-refractivity contribution in [3.8, 4) is 0 Å². The van der Waals surface area contributed by atoms with E-state index in [0.29, 0.717) is 6.04 Å². The summed E-state index contributed by atoms with van der Waals surface area (Å²) < 4.78 is 0. The fourth-order valence-corrected chi connectivity index (χ4v) is 3.11. The first-order valence-electron chi connectivity index (χ1n) is 7.35. The molecule has 0 bridgehead atoms. The van der Waals surface area contributed by atoms with Gasteiger partial charge in [-0.15, -0.1) is 0 Å². The maximum absolute atomic E-state index is 12.5. The van der Waals surface area contributed by atoms with Crippen LogP contribution in [-0.4, -0.2) is 29.3 Å². The van der Waals surface area contributed by atoms with Crippen molar-refractivity contribution in [3.05, 3.63) is 35.4 Å². The van der Waals surface area contributed by atoms with Crippen LogP contribution in [-0.2, 0) is 0 Å². The van der Waals surface area contributed by atoms with Crippen LogP contribution in [0.2, 0.25) is 0 Å². The van der Waals surface area contributed by atoms with Gasteiger partial charge in [0.25, 0.3) is 0 Å². The van der Waals surface area contributed by atoms with Gasteiger partial charge in [0, 0.05) is 11.6 Å². The number of carbonyl (C=O) groups is 1. The number of benzene rings is 1. The van der Waals surface area contributed by atoms with Gasteiger partial charge in [0.05, 0.1) is 6.04 Å². The third-order valence-corrected chi connectivity index (χ3v) is 4.40. The zero-order valence-electron chi connectivity index (χ0n) is 12.5. The van der Waals surface area contributed by atoms with Gasteiger partial charge in [-0.1, -0.05) is 36.8 Å². The lowest BCUT2D eigenvalue weighted by atomic mass is 9.91. The smallest absolute Gasteiger partial charge is 0.179 e. The fraction of sp³-hybridized carbons (Fsp3) is 0.588. The molecule has 0 N–H and O–H groups in total. The topological polar surface area (TPSA) is 20.3 Å². The van der Waals surface area contributed by atoms with Crippen molar-refractivity contribution in [1.82, 2.24) is 4.90 Å². The second kappa shape index (κ2) is 5.87. The molecule has 0 aliphatic carbocycles. The lowest BCUT2D eigenvalue weighted by molar-refractivity contribution is 0.0628. The molecule has 0 radical (unpaired) electrons. The van der Waals surface area contributed by atoms with Crippen molar-refractivity contribution in [1.29, 1.82) is 0 Å². The third-order valence-electron chi connectivity index (χ3n) is 4.40. The molecule has 2 rings (SSSR count). The number of rotatable bonds is 3. The maximum atomic E-state index is 12.5. The molecule has 0 amide bonds. The first kappa shape index (κ1) is 14.3. The Bertz CT molecular complexity index is 437. The average Bonchev–Trinajstić information content (AvgIpc) is 2.38. The largest absolute Gasteiger partial charge is 0.292 e. The van der Waals surface area contributed by atoms with Crippen LogP contribution < -0.4 is 0 Å². The van der Waals surface area contributed by atoms with Gasteiger partial charge in [0.2, 0.25) is 0 Å². The molecular weight excluding hydrogens is 234 g/mol. The van der Waals surface area contributed by atoms with Crippen molar-refractivity contribution in [2.75, 3.05) is 6.54 Å². The summed E-state index contributed by atoms with van der Waals surface area (Å²) in [5.41, 5.74) is 2.04. The van der Waals surface area contributed by atoms with Crippen LogP contribution in [0.3, 0.4) is 0 Å². The van der Waals surface area contributed by atoms with Crippen LogP contribution in [0, 0.1) is 12.8 Å². The predicted octanol–water partition coefficient (Wildman–Crippen LogP) is 3.69. The van der Waals surface area contributed by atoms with E-state index in [1.807, 2.05) is 31.2 Å². The predicted molar refractivity (Wildman–Crippen MR) is 79.5 cm³/mol.